The van der Waals surface area contributed by atoms with E-state index in [4.69, 9.17) is 4.74 Å². The Kier molecular flexibility index (Phi) is 5.64. The largest absolute Gasteiger partial charge is 0.376 e. The Bertz CT molecular complexity index is 661. The summed E-state index contributed by atoms with van der Waals surface area (Å²) in [5.41, 5.74) is 2.88. The van der Waals surface area contributed by atoms with E-state index in [2.05, 4.69) is 34.7 Å². The van der Waals surface area contributed by atoms with Gasteiger partial charge in [0.15, 0.2) is 5.69 Å². The molecule has 5 nitrogen and oxygen atoms in total. The average Bonchev–Trinajstić information content (AvgIpc) is 3.23. The second kappa shape index (κ2) is 8.11. The van der Waals surface area contributed by atoms with E-state index in [-0.39, 0.29) is 12.0 Å². The lowest BCUT2D eigenvalue weighted by Gasteiger charge is -2.10. The number of benzene rings is 1. The number of nitrogens with zero attached hydrogens (tertiary/aromatic N) is 2. The van der Waals surface area contributed by atoms with E-state index in [1.54, 1.807) is 4.68 Å². The first kappa shape index (κ1) is 16.7. The van der Waals surface area contributed by atoms with Gasteiger partial charge in [-0.25, -0.2) is 0 Å². The van der Waals surface area contributed by atoms with Gasteiger partial charge in [-0.1, -0.05) is 30.3 Å². The van der Waals surface area contributed by atoms with Gasteiger partial charge in [0.05, 0.1) is 6.10 Å². The van der Waals surface area contributed by atoms with Crippen LogP contribution in [0.25, 0.3) is 0 Å². The molecule has 24 heavy (non-hydrogen) atoms. The van der Waals surface area contributed by atoms with Gasteiger partial charge in [0, 0.05) is 32.0 Å². The second-order valence-corrected chi connectivity index (χ2v) is 6.36. The smallest absolute Gasteiger partial charge is 0.272 e. The minimum atomic E-state index is -0.0965. The van der Waals surface area contributed by atoms with Gasteiger partial charge < -0.3 is 10.1 Å². The zero-order chi connectivity index (χ0) is 16.8. The average molecular weight is 327 g/mol. The molecule has 0 spiro atoms. The molecule has 5 heteroatoms. The minimum absolute atomic E-state index is 0.0965. The van der Waals surface area contributed by atoms with Crippen LogP contribution in [0, 0.1) is 0 Å². The maximum atomic E-state index is 12.4. The molecule has 1 aliphatic heterocycles. The summed E-state index contributed by atoms with van der Waals surface area (Å²) < 4.78 is 7.27. The highest BCUT2D eigenvalue weighted by molar-refractivity contribution is 5.93. The number of aryl methyl sites for hydroxylation is 3. The van der Waals surface area contributed by atoms with Gasteiger partial charge in [0.25, 0.3) is 5.91 Å². The summed E-state index contributed by atoms with van der Waals surface area (Å²) in [6.45, 7) is 1.37. The van der Waals surface area contributed by atoms with Crippen molar-refractivity contribution in [1.29, 1.82) is 0 Å². The molecule has 1 amide bonds. The van der Waals surface area contributed by atoms with Gasteiger partial charge >= 0.3 is 0 Å². The van der Waals surface area contributed by atoms with E-state index in [9.17, 15) is 4.79 Å². The Morgan fingerprint density at radius 1 is 1.33 bits per heavy atom. The summed E-state index contributed by atoms with van der Waals surface area (Å²) in [7, 11) is 1.86. The molecule has 1 aromatic heterocycles. The number of amides is 1. The van der Waals surface area contributed by atoms with E-state index in [0.717, 1.165) is 44.3 Å². The number of ether oxygens (including phenoxy) is 1. The number of nitrogens with one attached hydrogen (secondary N) is 1. The number of rotatable bonds is 7. The number of carbonyl (C=O) groups is 1. The van der Waals surface area contributed by atoms with Gasteiger partial charge in [0.2, 0.25) is 0 Å². The van der Waals surface area contributed by atoms with Crippen LogP contribution in [0.1, 0.15) is 40.9 Å². The molecule has 2 heterocycles. The summed E-state index contributed by atoms with van der Waals surface area (Å²) in [6, 6.07) is 10.4. The molecule has 1 saturated heterocycles. The zero-order valence-corrected chi connectivity index (χ0v) is 14.2. The predicted octanol–water partition coefficient (Wildman–Crippen LogP) is 2.50. The maximum Gasteiger partial charge on any atom is 0.272 e. The van der Waals surface area contributed by atoms with Crippen molar-refractivity contribution in [3.05, 3.63) is 53.3 Å². The first-order chi connectivity index (χ1) is 11.7. The lowest BCUT2D eigenvalue weighted by Crippen LogP contribution is -2.32. The lowest BCUT2D eigenvalue weighted by atomic mass is 10.0. The highest BCUT2D eigenvalue weighted by Gasteiger charge is 2.19. The SMILES string of the molecule is Cn1cc(CCCc2ccccc2)c(C(=O)NC[C@@H]2CCCO2)n1. The van der Waals surface area contributed by atoms with Crippen molar-refractivity contribution in [2.24, 2.45) is 7.05 Å². The molecule has 0 saturated carbocycles. The standard InChI is InChI=1S/C19H25N3O2/c1-22-14-16(10-5-9-15-7-3-2-4-8-15)18(21-22)19(23)20-13-17-11-6-12-24-17/h2-4,7-8,14,17H,5-6,9-13H2,1H3,(H,20,23)/t17-/m0/s1. The van der Waals surface area contributed by atoms with Crippen molar-refractivity contribution in [2.45, 2.75) is 38.2 Å². The molecule has 0 bridgehead atoms. The Morgan fingerprint density at radius 2 is 2.17 bits per heavy atom. The van der Waals surface area contributed by atoms with Gasteiger partial charge in [0.1, 0.15) is 0 Å². The summed E-state index contributed by atoms with van der Waals surface area (Å²) in [6.07, 6.45) is 7.06. The van der Waals surface area contributed by atoms with Crippen molar-refractivity contribution in [2.75, 3.05) is 13.2 Å². The maximum absolute atomic E-state index is 12.4. The molecule has 1 aromatic carbocycles. The first-order valence-corrected chi connectivity index (χ1v) is 8.68. The third-order valence-electron chi connectivity index (χ3n) is 4.39. The van der Waals surface area contributed by atoms with E-state index >= 15 is 0 Å². The van der Waals surface area contributed by atoms with Crippen molar-refractivity contribution in [3.63, 3.8) is 0 Å². The van der Waals surface area contributed by atoms with Crippen LogP contribution in [-0.4, -0.2) is 34.9 Å². The van der Waals surface area contributed by atoms with Gasteiger partial charge in [-0.3, -0.25) is 9.48 Å². The molecule has 128 valence electrons. The second-order valence-electron chi connectivity index (χ2n) is 6.36. The Morgan fingerprint density at radius 3 is 2.92 bits per heavy atom. The van der Waals surface area contributed by atoms with Crippen LogP contribution < -0.4 is 5.32 Å². The molecule has 0 radical (unpaired) electrons. The molecule has 1 atom stereocenters. The summed E-state index contributed by atoms with van der Waals surface area (Å²) in [5, 5.41) is 7.31. The van der Waals surface area contributed by atoms with E-state index < -0.39 is 0 Å². The monoisotopic (exact) mass is 327 g/mol. The van der Waals surface area contributed by atoms with Crippen LogP contribution in [0.3, 0.4) is 0 Å². The Hall–Kier alpha value is -2.14. The molecular weight excluding hydrogens is 302 g/mol. The molecule has 1 fully saturated rings. The fraction of sp³-hybridized carbons (Fsp3) is 0.474. The third kappa shape index (κ3) is 4.45. The summed E-state index contributed by atoms with van der Waals surface area (Å²) in [5.74, 6) is -0.0965. The quantitative estimate of drug-likeness (QED) is 0.850. The van der Waals surface area contributed by atoms with Crippen molar-refractivity contribution < 1.29 is 9.53 Å². The van der Waals surface area contributed by atoms with Crippen molar-refractivity contribution in [1.82, 2.24) is 15.1 Å². The molecule has 3 rings (SSSR count). The Labute approximate surface area is 143 Å². The van der Waals surface area contributed by atoms with Crippen LogP contribution in [-0.2, 0) is 24.6 Å². The molecular formula is C19H25N3O2. The predicted molar refractivity (Wildman–Crippen MR) is 93.0 cm³/mol. The van der Waals surface area contributed by atoms with E-state index in [1.807, 2.05) is 19.3 Å². The first-order valence-electron chi connectivity index (χ1n) is 8.68. The molecule has 0 aliphatic carbocycles. The molecule has 2 aromatic rings. The van der Waals surface area contributed by atoms with Crippen LogP contribution in [0.4, 0.5) is 0 Å². The minimum Gasteiger partial charge on any atom is -0.376 e. The highest BCUT2D eigenvalue weighted by atomic mass is 16.5. The van der Waals surface area contributed by atoms with E-state index in [0.29, 0.717) is 12.2 Å². The third-order valence-corrected chi connectivity index (χ3v) is 4.39. The van der Waals surface area contributed by atoms with Crippen LogP contribution in [0.2, 0.25) is 0 Å². The lowest BCUT2D eigenvalue weighted by molar-refractivity contribution is 0.0852. The van der Waals surface area contributed by atoms with Crippen LogP contribution in [0.5, 0.6) is 0 Å². The molecule has 1 aliphatic rings. The normalized spacial score (nSPS) is 17.1. The van der Waals surface area contributed by atoms with Gasteiger partial charge in [-0.05, 0) is 37.7 Å². The van der Waals surface area contributed by atoms with Crippen LogP contribution >= 0.6 is 0 Å². The summed E-state index contributed by atoms with van der Waals surface area (Å²) >= 11 is 0. The van der Waals surface area contributed by atoms with Crippen molar-refractivity contribution in [3.8, 4) is 0 Å². The fourth-order valence-electron chi connectivity index (χ4n) is 3.13. The molecule has 1 N–H and O–H groups in total. The number of hydrogen-bond donors (Lipinski definition) is 1. The highest BCUT2D eigenvalue weighted by Crippen LogP contribution is 2.14. The van der Waals surface area contributed by atoms with Crippen LogP contribution in [0.15, 0.2) is 36.5 Å². The van der Waals surface area contributed by atoms with Crippen molar-refractivity contribution >= 4 is 5.91 Å². The van der Waals surface area contributed by atoms with Gasteiger partial charge in [-0.15, -0.1) is 0 Å². The molecule has 0 unspecified atom stereocenters. The number of aromatic nitrogens is 2. The zero-order valence-electron chi connectivity index (χ0n) is 14.2. The summed E-state index contributed by atoms with van der Waals surface area (Å²) in [4.78, 5) is 12.4. The van der Waals surface area contributed by atoms with Gasteiger partial charge in [-0.2, -0.15) is 5.10 Å². The fourth-order valence-corrected chi connectivity index (χ4v) is 3.13. The van der Waals surface area contributed by atoms with E-state index in [1.165, 1.54) is 5.56 Å². The topological polar surface area (TPSA) is 56.2 Å². The Balaban J connectivity index is 1.54. The number of hydrogen-bond acceptors (Lipinski definition) is 3. The number of carbonyl (C=O) groups excluding carboxylic acids is 1.